The van der Waals surface area contributed by atoms with Crippen LogP contribution in [0, 0.1) is 0 Å². The smallest absolute Gasteiger partial charge is 0.221 e. The number of halogens is 1. The number of nitrogens with one attached hydrogen (secondary N) is 2. The SMILES string of the molecule is NC(=O)Cc1cnc(Nc2ccc(Br)cc2)cc1NCc1ccccc1. The highest BCUT2D eigenvalue weighted by atomic mass is 79.9. The number of hydrogen-bond donors (Lipinski definition) is 3. The molecule has 0 aliphatic rings. The number of pyridine rings is 1. The van der Waals surface area contributed by atoms with E-state index in [9.17, 15) is 4.79 Å². The molecule has 0 aliphatic heterocycles. The lowest BCUT2D eigenvalue weighted by molar-refractivity contribution is -0.117. The fourth-order valence-electron chi connectivity index (χ4n) is 2.52. The molecule has 2 aromatic carbocycles. The first kappa shape index (κ1) is 17.9. The summed E-state index contributed by atoms with van der Waals surface area (Å²) in [5.74, 6) is 0.305. The van der Waals surface area contributed by atoms with Crippen LogP contribution < -0.4 is 16.4 Å². The summed E-state index contributed by atoms with van der Waals surface area (Å²) in [6.45, 7) is 0.647. The zero-order valence-corrected chi connectivity index (χ0v) is 15.7. The maximum atomic E-state index is 11.3. The van der Waals surface area contributed by atoms with E-state index in [0.717, 1.165) is 27.0 Å². The highest BCUT2D eigenvalue weighted by Gasteiger charge is 2.09. The maximum Gasteiger partial charge on any atom is 0.221 e. The molecule has 1 aromatic heterocycles. The van der Waals surface area contributed by atoms with E-state index in [1.807, 2.05) is 60.7 Å². The molecule has 0 aliphatic carbocycles. The second-order valence-corrected chi connectivity index (χ2v) is 6.76. The van der Waals surface area contributed by atoms with E-state index < -0.39 is 0 Å². The van der Waals surface area contributed by atoms with Gasteiger partial charge in [-0.2, -0.15) is 0 Å². The van der Waals surface area contributed by atoms with Crippen LogP contribution in [0.15, 0.2) is 71.3 Å². The largest absolute Gasteiger partial charge is 0.381 e. The number of benzene rings is 2. The molecule has 0 spiro atoms. The van der Waals surface area contributed by atoms with Gasteiger partial charge in [-0.1, -0.05) is 46.3 Å². The third-order valence-corrected chi connectivity index (χ3v) is 4.32. The Balaban J connectivity index is 1.80. The van der Waals surface area contributed by atoms with Gasteiger partial charge in [0.1, 0.15) is 5.82 Å². The van der Waals surface area contributed by atoms with Gasteiger partial charge in [-0.15, -0.1) is 0 Å². The van der Waals surface area contributed by atoms with Gasteiger partial charge in [0.25, 0.3) is 0 Å². The molecule has 6 heteroatoms. The summed E-state index contributed by atoms with van der Waals surface area (Å²) in [4.78, 5) is 15.7. The van der Waals surface area contributed by atoms with Gasteiger partial charge in [-0.25, -0.2) is 4.98 Å². The van der Waals surface area contributed by atoms with Crippen LogP contribution in [0.5, 0.6) is 0 Å². The highest BCUT2D eigenvalue weighted by Crippen LogP contribution is 2.23. The average Bonchev–Trinajstić information content (AvgIpc) is 2.64. The average molecular weight is 411 g/mol. The molecule has 0 saturated carbocycles. The van der Waals surface area contributed by atoms with Crippen LogP contribution in [0.2, 0.25) is 0 Å². The molecule has 1 heterocycles. The lowest BCUT2D eigenvalue weighted by Crippen LogP contribution is -2.15. The normalized spacial score (nSPS) is 10.3. The molecular weight excluding hydrogens is 392 g/mol. The first-order valence-corrected chi connectivity index (χ1v) is 8.97. The van der Waals surface area contributed by atoms with Crippen molar-refractivity contribution in [2.45, 2.75) is 13.0 Å². The van der Waals surface area contributed by atoms with Gasteiger partial charge in [-0.3, -0.25) is 4.79 Å². The summed E-state index contributed by atoms with van der Waals surface area (Å²) in [5.41, 5.74) is 9.05. The number of amides is 1. The maximum absolute atomic E-state index is 11.3. The summed E-state index contributed by atoms with van der Waals surface area (Å²) in [7, 11) is 0. The summed E-state index contributed by atoms with van der Waals surface area (Å²) in [6, 6.07) is 19.8. The van der Waals surface area contributed by atoms with Crippen LogP contribution in [0.3, 0.4) is 0 Å². The third kappa shape index (κ3) is 5.07. The van der Waals surface area contributed by atoms with E-state index in [1.165, 1.54) is 0 Å². The quantitative estimate of drug-likeness (QED) is 0.544. The lowest BCUT2D eigenvalue weighted by atomic mass is 10.1. The number of primary amides is 1. The predicted octanol–water partition coefficient (Wildman–Crippen LogP) is 4.23. The predicted molar refractivity (Wildman–Crippen MR) is 108 cm³/mol. The Morgan fingerprint density at radius 3 is 2.50 bits per heavy atom. The number of rotatable bonds is 7. The van der Waals surface area contributed by atoms with E-state index >= 15 is 0 Å². The van der Waals surface area contributed by atoms with Crippen LogP contribution in [-0.2, 0) is 17.8 Å². The Labute approximate surface area is 160 Å². The van der Waals surface area contributed by atoms with Crippen LogP contribution >= 0.6 is 15.9 Å². The topological polar surface area (TPSA) is 80.0 Å². The van der Waals surface area contributed by atoms with E-state index in [4.69, 9.17) is 5.73 Å². The minimum Gasteiger partial charge on any atom is -0.381 e. The van der Waals surface area contributed by atoms with Crippen molar-refractivity contribution in [1.29, 1.82) is 0 Å². The van der Waals surface area contributed by atoms with Gasteiger partial charge in [0.2, 0.25) is 5.91 Å². The number of nitrogens with zero attached hydrogens (tertiary/aromatic N) is 1. The van der Waals surface area contributed by atoms with Gasteiger partial charge in [0.05, 0.1) is 6.42 Å². The number of anilines is 3. The van der Waals surface area contributed by atoms with Crippen molar-refractivity contribution in [3.8, 4) is 0 Å². The Bertz CT molecular complexity index is 882. The van der Waals surface area contributed by atoms with Crippen molar-refractivity contribution in [1.82, 2.24) is 4.98 Å². The molecule has 4 N–H and O–H groups in total. The molecule has 1 amide bonds. The van der Waals surface area contributed by atoms with Crippen LogP contribution in [-0.4, -0.2) is 10.9 Å². The standard InChI is InChI=1S/C20H19BrN4O/c21-16-6-8-17(9-7-16)25-20-11-18(15(13-24-20)10-19(22)26)23-12-14-4-2-1-3-5-14/h1-9,11,13H,10,12H2,(H2,22,26)(H2,23,24,25). The molecule has 0 radical (unpaired) electrons. The third-order valence-electron chi connectivity index (χ3n) is 3.79. The van der Waals surface area contributed by atoms with Gasteiger partial charge in [-0.05, 0) is 29.8 Å². The van der Waals surface area contributed by atoms with Crippen LogP contribution in [0.1, 0.15) is 11.1 Å². The molecule has 5 nitrogen and oxygen atoms in total. The van der Waals surface area contributed by atoms with E-state index in [-0.39, 0.29) is 12.3 Å². The van der Waals surface area contributed by atoms with Crippen molar-refractivity contribution in [2.75, 3.05) is 10.6 Å². The molecular formula is C20H19BrN4O. The van der Waals surface area contributed by atoms with Gasteiger partial charge in [0, 0.05) is 40.2 Å². The second kappa shape index (κ2) is 8.49. The monoisotopic (exact) mass is 410 g/mol. The minimum absolute atomic E-state index is 0.142. The Hall–Kier alpha value is -2.86. The Morgan fingerprint density at radius 2 is 1.81 bits per heavy atom. The van der Waals surface area contributed by atoms with Crippen molar-refractivity contribution in [3.63, 3.8) is 0 Å². The summed E-state index contributed by atoms with van der Waals surface area (Å²) in [6.07, 6.45) is 1.82. The van der Waals surface area contributed by atoms with Gasteiger partial charge < -0.3 is 16.4 Å². The van der Waals surface area contributed by atoms with Crippen molar-refractivity contribution in [2.24, 2.45) is 5.73 Å². The molecule has 26 heavy (non-hydrogen) atoms. The Morgan fingerprint density at radius 1 is 1.08 bits per heavy atom. The number of nitrogens with two attached hydrogens (primary N) is 1. The lowest BCUT2D eigenvalue weighted by Gasteiger charge is -2.14. The first-order valence-electron chi connectivity index (χ1n) is 8.18. The number of aromatic nitrogens is 1. The molecule has 3 rings (SSSR count). The molecule has 3 aromatic rings. The number of hydrogen-bond acceptors (Lipinski definition) is 4. The van der Waals surface area contributed by atoms with Crippen LogP contribution in [0.4, 0.5) is 17.2 Å². The Kier molecular flexibility index (Phi) is 5.86. The van der Waals surface area contributed by atoms with Crippen molar-refractivity contribution < 1.29 is 4.79 Å². The molecule has 0 atom stereocenters. The summed E-state index contributed by atoms with van der Waals surface area (Å²) in [5, 5.41) is 6.64. The molecule has 0 fully saturated rings. The highest BCUT2D eigenvalue weighted by molar-refractivity contribution is 9.10. The van der Waals surface area contributed by atoms with E-state index in [2.05, 4.69) is 31.5 Å². The minimum atomic E-state index is -0.386. The molecule has 0 bridgehead atoms. The fourth-order valence-corrected chi connectivity index (χ4v) is 2.78. The van der Waals surface area contributed by atoms with E-state index in [0.29, 0.717) is 12.4 Å². The number of carbonyl (C=O) groups is 1. The van der Waals surface area contributed by atoms with E-state index in [1.54, 1.807) is 6.20 Å². The molecule has 132 valence electrons. The molecule has 0 unspecified atom stereocenters. The zero-order valence-electron chi connectivity index (χ0n) is 14.1. The van der Waals surface area contributed by atoms with Crippen molar-refractivity contribution in [3.05, 3.63) is 82.5 Å². The number of carbonyl (C=O) groups excluding carboxylic acids is 1. The van der Waals surface area contributed by atoms with Crippen molar-refractivity contribution >= 4 is 39.0 Å². The van der Waals surface area contributed by atoms with Gasteiger partial charge in [0.15, 0.2) is 0 Å². The zero-order chi connectivity index (χ0) is 18.4. The fraction of sp³-hybridized carbons (Fsp3) is 0.100. The summed E-state index contributed by atoms with van der Waals surface area (Å²) < 4.78 is 1.01. The van der Waals surface area contributed by atoms with Gasteiger partial charge >= 0.3 is 0 Å². The molecule has 0 saturated heterocycles. The van der Waals surface area contributed by atoms with Crippen LogP contribution in [0.25, 0.3) is 0 Å². The summed E-state index contributed by atoms with van der Waals surface area (Å²) >= 11 is 3.42. The first-order chi connectivity index (χ1) is 12.6. The second-order valence-electron chi connectivity index (χ2n) is 5.84.